The molecule has 1 aromatic heterocycles. The highest BCUT2D eigenvalue weighted by Crippen LogP contribution is 2.21. The van der Waals surface area contributed by atoms with Crippen LogP contribution in [0.5, 0.6) is 0 Å². The summed E-state index contributed by atoms with van der Waals surface area (Å²) in [5.41, 5.74) is 10.2. The summed E-state index contributed by atoms with van der Waals surface area (Å²) in [6.07, 6.45) is 1.15. The fourth-order valence-corrected chi connectivity index (χ4v) is 2.18. The van der Waals surface area contributed by atoms with Gasteiger partial charge in [0.1, 0.15) is 5.76 Å². The Morgan fingerprint density at radius 3 is 2.56 bits per heavy atom. The fourth-order valence-electron chi connectivity index (χ4n) is 1.69. The molecule has 0 spiro atoms. The van der Waals surface area contributed by atoms with Crippen LogP contribution < -0.4 is 22.1 Å². The van der Waals surface area contributed by atoms with Crippen molar-refractivity contribution in [3.63, 3.8) is 0 Å². The molecule has 1 heterocycles. The molecule has 1 aromatic rings. The summed E-state index contributed by atoms with van der Waals surface area (Å²) in [5, 5.41) is 12.4. The summed E-state index contributed by atoms with van der Waals surface area (Å²) < 4.78 is 5.13. The molecule has 0 aliphatic carbocycles. The number of ether oxygens (including phenoxy) is 1. The molecule has 7 N–H and O–H groups in total. The lowest BCUT2D eigenvalue weighted by Gasteiger charge is -2.19. The van der Waals surface area contributed by atoms with Crippen molar-refractivity contribution in [2.75, 3.05) is 16.9 Å². The third-order valence-electron chi connectivity index (χ3n) is 2.62. The molecule has 0 aliphatic rings. The Kier molecular flexibility index (Phi) is 7.85. The van der Waals surface area contributed by atoms with Crippen LogP contribution in [0.3, 0.4) is 0 Å². The summed E-state index contributed by atoms with van der Waals surface area (Å²) in [7, 11) is 0. The molecule has 148 valence electrons. The zero-order valence-corrected chi connectivity index (χ0v) is 16.9. The number of carbonyl (C=O) groups excluding carboxylic acids is 2. The predicted octanol–water partition coefficient (Wildman–Crippen LogP) is 1.68. The summed E-state index contributed by atoms with van der Waals surface area (Å²) in [5.74, 6) is -1.15. The van der Waals surface area contributed by atoms with Gasteiger partial charge >= 0.3 is 5.97 Å². The number of thioether (sulfide) groups is 1. The number of hydrogen-bond donors (Lipinski definition) is 5. The van der Waals surface area contributed by atoms with Gasteiger partial charge in [0.25, 0.3) is 0 Å². The molecule has 1 rings (SSSR count). The van der Waals surface area contributed by atoms with Gasteiger partial charge in [0, 0.05) is 11.6 Å². The van der Waals surface area contributed by atoms with E-state index in [1.54, 1.807) is 0 Å². The third-order valence-corrected chi connectivity index (χ3v) is 3.50. The van der Waals surface area contributed by atoms with Crippen LogP contribution in [0, 0.1) is 5.41 Å². The number of nitrogens with two attached hydrogens (primary N) is 2. The lowest BCUT2D eigenvalue weighted by molar-refractivity contribution is -0.117. The number of amidine groups is 1. The van der Waals surface area contributed by atoms with Gasteiger partial charge in [-0.3, -0.25) is 10.2 Å². The van der Waals surface area contributed by atoms with Crippen LogP contribution in [0.1, 0.15) is 38.2 Å². The Bertz CT molecular complexity index is 777. The van der Waals surface area contributed by atoms with Crippen molar-refractivity contribution in [3.05, 3.63) is 22.7 Å². The second-order valence-electron chi connectivity index (χ2n) is 6.31. The lowest BCUT2D eigenvalue weighted by atomic mass is 10.1. The van der Waals surface area contributed by atoms with Gasteiger partial charge in [-0.25, -0.2) is 14.8 Å². The first kappa shape index (κ1) is 22.5. The molecule has 1 amide bonds. The average molecular weight is 416 g/mol. The van der Waals surface area contributed by atoms with Gasteiger partial charge in [-0.05, 0) is 27.7 Å². The Morgan fingerprint density at radius 1 is 1.37 bits per heavy atom. The van der Waals surface area contributed by atoms with E-state index in [0.29, 0.717) is 0 Å². The summed E-state index contributed by atoms with van der Waals surface area (Å²) in [4.78, 5) is 32.1. The predicted molar refractivity (Wildman–Crippen MR) is 107 cm³/mol. The molecule has 0 aliphatic heterocycles. The van der Waals surface area contributed by atoms with E-state index >= 15 is 0 Å². The molecule has 10 nitrogen and oxygen atoms in total. The van der Waals surface area contributed by atoms with Gasteiger partial charge in [-0.1, -0.05) is 23.4 Å². The van der Waals surface area contributed by atoms with Crippen molar-refractivity contribution in [1.82, 2.24) is 15.3 Å². The van der Waals surface area contributed by atoms with Crippen molar-refractivity contribution in [2.24, 2.45) is 5.73 Å². The number of nitrogens with zero attached hydrogens (tertiary/aromatic N) is 2. The molecule has 12 heteroatoms. The molecule has 0 bridgehead atoms. The van der Waals surface area contributed by atoms with E-state index in [2.05, 4.69) is 20.6 Å². The van der Waals surface area contributed by atoms with Crippen molar-refractivity contribution in [1.29, 1.82) is 5.41 Å². The second-order valence-corrected chi connectivity index (χ2v) is 7.69. The summed E-state index contributed by atoms with van der Waals surface area (Å²) in [6.45, 7) is 6.92. The first-order valence-electron chi connectivity index (χ1n) is 7.65. The highest BCUT2D eigenvalue weighted by molar-refractivity contribution is 8.13. The third kappa shape index (κ3) is 8.13. The maximum absolute atomic E-state index is 12.4. The molecule has 27 heavy (non-hydrogen) atoms. The smallest absolute Gasteiger partial charge is 0.365 e. The van der Waals surface area contributed by atoms with Gasteiger partial charge < -0.3 is 26.8 Å². The number of hydrogen-bond acceptors (Lipinski definition) is 9. The minimum atomic E-state index is -0.878. The first-order valence-corrected chi connectivity index (χ1v) is 9.01. The van der Waals surface area contributed by atoms with Crippen molar-refractivity contribution >= 4 is 52.0 Å². The standard InChI is InChI=1S/C15H22ClN7O3S/c1-7(5-8(24)23-15(2,3)4)26-13(25)9-12(20-6-27-14(18)19)22-11(17)10(16)21-9/h5H,6H2,1-4H3,(H3,18,19)(H,23,24)(H3,17,20,22)/b7-5+. The molecule has 0 radical (unpaired) electrons. The Balaban J connectivity index is 2.96. The number of aromatic nitrogens is 2. The van der Waals surface area contributed by atoms with Crippen LogP contribution in [-0.4, -0.2) is 38.4 Å². The van der Waals surface area contributed by atoms with Crippen LogP contribution >= 0.6 is 23.4 Å². The van der Waals surface area contributed by atoms with Gasteiger partial charge in [0.2, 0.25) is 5.91 Å². The van der Waals surface area contributed by atoms with E-state index in [-0.39, 0.29) is 39.3 Å². The Hall–Kier alpha value is -2.53. The summed E-state index contributed by atoms with van der Waals surface area (Å²) >= 11 is 6.81. The Labute approximate surface area is 166 Å². The van der Waals surface area contributed by atoms with Crippen molar-refractivity contribution in [3.8, 4) is 0 Å². The number of nitrogen functional groups attached to an aromatic ring is 1. The monoisotopic (exact) mass is 415 g/mol. The van der Waals surface area contributed by atoms with Gasteiger partial charge in [0.15, 0.2) is 27.7 Å². The van der Waals surface area contributed by atoms with Crippen molar-refractivity contribution in [2.45, 2.75) is 33.2 Å². The fraction of sp³-hybridized carbons (Fsp3) is 0.400. The molecule has 0 unspecified atom stereocenters. The topological polar surface area (TPSA) is 169 Å². The molecular weight excluding hydrogens is 394 g/mol. The zero-order chi connectivity index (χ0) is 20.8. The van der Waals surface area contributed by atoms with E-state index in [1.165, 1.54) is 6.92 Å². The number of amides is 1. The van der Waals surface area contributed by atoms with Crippen LogP contribution in [0.2, 0.25) is 5.15 Å². The van der Waals surface area contributed by atoms with E-state index in [1.807, 2.05) is 20.8 Å². The minimum Gasteiger partial charge on any atom is -0.426 e. The quantitative estimate of drug-likeness (QED) is 0.116. The number of esters is 1. The average Bonchev–Trinajstić information content (AvgIpc) is 2.47. The minimum absolute atomic E-state index is 0.0163. The molecule has 0 saturated carbocycles. The molecule has 0 atom stereocenters. The van der Waals surface area contributed by atoms with E-state index in [0.717, 1.165) is 17.8 Å². The maximum atomic E-state index is 12.4. The van der Waals surface area contributed by atoms with Crippen LogP contribution in [0.15, 0.2) is 11.8 Å². The second kappa shape index (κ2) is 9.42. The SMILES string of the molecule is C/C(=C\C(=O)NC(C)(C)C)OC(=O)c1nc(Cl)c(N)nc1NCSC(=N)N. The van der Waals surface area contributed by atoms with Crippen LogP contribution in [0.4, 0.5) is 11.6 Å². The molecule has 0 fully saturated rings. The van der Waals surface area contributed by atoms with Gasteiger partial charge in [-0.15, -0.1) is 0 Å². The van der Waals surface area contributed by atoms with Gasteiger partial charge in [-0.2, -0.15) is 0 Å². The Morgan fingerprint density at radius 2 is 2.00 bits per heavy atom. The van der Waals surface area contributed by atoms with E-state index < -0.39 is 17.4 Å². The number of carbonyl (C=O) groups is 2. The van der Waals surface area contributed by atoms with Gasteiger partial charge in [0.05, 0.1) is 5.88 Å². The van der Waals surface area contributed by atoms with Crippen molar-refractivity contribution < 1.29 is 14.3 Å². The molecular formula is C15H22ClN7O3S. The summed E-state index contributed by atoms with van der Waals surface area (Å²) in [6, 6.07) is 0. The molecule has 0 aromatic carbocycles. The number of nitrogens with one attached hydrogen (secondary N) is 3. The largest absolute Gasteiger partial charge is 0.426 e. The van der Waals surface area contributed by atoms with E-state index in [4.69, 9.17) is 33.2 Å². The highest BCUT2D eigenvalue weighted by Gasteiger charge is 2.21. The number of allylic oxidation sites excluding steroid dienone is 1. The molecule has 0 saturated heterocycles. The highest BCUT2D eigenvalue weighted by atomic mass is 35.5. The lowest BCUT2D eigenvalue weighted by Crippen LogP contribution is -2.39. The van der Waals surface area contributed by atoms with Crippen LogP contribution in [-0.2, 0) is 9.53 Å². The number of halogens is 1. The zero-order valence-electron chi connectivity index (χ0n) is 15.3. The number of anilines is 2. The normalized spacial score (nSPS) is 11.7. The first-order chi connectivity index (χ1) is 12.4. The van der Waals surface area contributed by atoms with Crippen LogP contribution in [0.25, 0.3) is 0 Å². The maximum Gasteiger partial charge on any atom is 0.365 e. The number of rotatable bonds is 6. The van der Waals surface area contributed by atoms with E-state index in [9.17, 15) is 9.59 Å².